The zero-order valence-corrected chi connectivity index (χ0v) is 9.57. The molecule has 0 saturated carbocycles. The van der Waals surface area contributed by atoms with Gasteiger partial charge in [-0.3, -0.25) is 4.79 Å². The van der Waals surface area contributed by atoms with Crippen molar-refractivity contribution in [2.75, 3.05) is 6.61 Å². The summed E-state index contributed by atoms with van der Waals surface area (Å²) in [7, 11) is 0. The van der Waals surface area contributed by atoms with Gasteiger partial charge in [-0.1, -0.05) is 6.07 Å². The minimum atomic E-state index is -0.714. The molecule has 1 aliphatic rings. The Morgan fingerprint density at radius 1 is 1.33 bits per heavy atom. The average Bonchev–Trinajstić information content (AvgIpc) is 2.35. The molecule has 0 radical (unpaired) electrons. The molecule has 6 heteroatoms. The fourth-order valence-corrected chi connectivity index (χ4v) is 1.70. The molecule has 4 nitrogen and oxygen atoms in total. The van der Waals surface area contributed by atoms with E-state index in [-0.39, 0.29) is 31.0 Å². The Balaban J connectivity index is 2.19. The van der Waals surface area contributed by atoms with E-state index in [9.17, 15) is 13.6 Å². The zero-order chi connectivity index (χ0) is 13.1. The number of carbonyl (C=O) groups is 1. The van der Waals surface area contributed by atoms with Gasteiger partial charge in [-0.2, -0.15) is 5.10 Å². The number of benzene rings is 1. The highest BCUT2D eigenvalue weighted by Gasteiger charge is 2.21. The lowest BCUT2D eigenvalue weighted by atomic mass is 10.1. The van der Waals surface area contributed by atoms with Crippen LogP contribution in [0.1, 0.15) is 18.4 Å². The molecule has 1 heterocycles. The van der Waals surface area contributed by atoms with Gasteiger partial charge in [0.25, 0.3) is 0 Å². The van der Waals surface area contributed by atoms with Gasteiger partial charge in [0.2, 0.25) is 5.91 Å². The fraction of sp³-hybridized carbons (Fsp3) is 0.333. The van der Waals surface area contributed by atoms with Crippen molar-refractivity contribution in [1.29, 1.82) is 0 Å². The largest absolute Gasteiger partial charge is 0.390 e. The highest BCUT2D eigenvalue weighted by Crippen LogP contribution is 2.16. The fourth-order valence-electron chi connectivity index (χ4n) is 1.70. The Morgan fingerprint density at radius 3 is 2.78 bits per heavy atom. The van der Waals surface area contributed by atoms with Gasteiger partial charge in [0.1, 0.15) is 11.6 Å². The predicted octanol–water partition coefficient (Wildman–Crippen LogP) is 1.44. The quantitative estimate of drug-likeness (QED) is 0.887. The highest BCUT2D eigenvalue weighted by atomic mass is 19.1. The van der Waals surface area contributed by atoms with Crippen molar-refractivity contribution in [3.8, 4) is 0 Å². The molecule has 1 aromatic rings. The van der Waals surface area contributed by atoms with Crippen LogP contribution < -0.4 is 0 Å². The number of nitrogens with zero attached hydrogens (tertiary/aromatic N) is 2. The molecule has 0 aromatic heterocycles. The molecular weight excluding hydrogens is 242 g/mol. The predicted molar refractivity (Wildman–Crippen MR) is 60.7 cm³/mol. The van der Waals surface area contributed by atoms with Gasteiger partial charge < -0.3 is 5.11 Å². The lowest BCUT2D eigenvalue weighted by molar-refractivity contribution is -0.132. The van der Waals surface area contributed by atoms with Crippen LogP contribution in [0, 0.1) is 11.6 Å². The van der Waals surface area contributed by atoms with Crippen molar-refractivity contribution in [3.63, 3.8) is 0 Å². The third-order valence-corrected chi connectivity index (χ3v) is 2.70. The van der Waals surface area contributed by atoms with Crippen LogP contribution in [0.5, 0.6) is 0 Å². The Hall–Kier alpha value is -1.82. The van der Waals surface area contributed by atoms with Crippen molar-refractivity contribution in [1.82, 2.24) is 5.01 Å². The molecule has 0 spiro atoms. The molecule has 0 bridgehead atoms. The molecule has 18 heavy (non-hydrogen) atoms. The van der Waals surface area contributed by atoms with E-state index in [1.807, 2.05) is 0 Å². The summed E-state index contributed by atoms with van der Waals surface area (Å²) in [5.41, 5.74) is 0.671. The number of rotatable bonds is 3. The summed E-state index contributed by atoms with van der Waals surface area (Å²) < 4.78 is 26.2. The second kappa shape index (κ2) is 5.22. The number of amides is 1. The SMILES string of the molecule is O=C1CCC(CO)=NN1Cc1ccc(F)cc1F. The number of hydrogen-bond acceptors (Lipinski definition) is 3. The number of aliphatic hydroxyl groups is 1. The van der Waals surface area contributed by atoms with E-state index in [1.165, 1.54) is 6.07 Å². The molecule has 1 aliphatic heterocycles. The number of halogens is 2. The molecule has 0 aliphatic carbocycles. The first-order valence-corrected chi connectivity index (χ1v) is 5.51. The third-order valence-electron chi connectivity index (χ3n) is 2.70. The molecule has 1 N–H and O–H groups in total. The standard InChI is InChI=1S/C12H12F2N2O2/c13-9-2-1-8(11(14)5-9)6-16-12(18)4-3-10(7-17)15-16/h1-2,5,17H,3-4,6-7H2. The maximum absolute atomic E-state index is 13.4. The third kappa shape index (κ3) is 2.70. The lowest BCUT2D eigenvalue weighted by Gasteiger charge is -2.23. The summed E-state index contributed by atoms with van der Waals surface area (Å²) >= 11 is 0. The van der Waals surface area contributed by atoms with Gasteiger partial charge in [0.05, 0.1) is 18.9 Å². The van der Waals surface area contributed by atoms with Crippen LogP contribution in [0.15, 0.2) is 23.3 Å². The van der Waals surface area contributed by atoms with Crippen LogP contribution in [0.3, 0.4) is 0 Å². The first-order chi connectivity index (χ1) is 8.60. The first-order valence-electron chi connectivity index (χ1n) is 5.51. The molecule has 0 unspecified atom stereocenters. The van der Waals surface area contributed by atoms with Crippen LogP contribution in [0.2, 0.25) is 0 Å². The van der Waals surface area contributed by atoms with Crippen molar-refractivity contribution in [2.45, 2.75) is 19.4 Å². The number of carbonyl (C=O) groups excluding carboxylic acids is 1. The van der Waals surface area contributed by atoms with Crippen molar-refractivity contribution < 1.29 is 18.7 Å². The monoisotopic (exact) mass is 254 g/mol. The van der Waals surface area contributed by atoms with Crippen molar-refractivity contribution in [2.24, 2.45) is 5.10 Å². The Bertz CT molecular complexity index is 503. The molecule has 96 valence electrons. The number of aliphatic hydroxyl groups excluding tert-OH is 1. The van der Waals surface area contributed by atoms with Crippen molar-refractivity contribution >= 4 is 11.6 Å². The van der Waals surface area contributed by atoms with E-state index in [1.54, 1.807) is 0 Å². The second-order valence-corrected chi connectivity index (χ2v) is 4.01. The van der Waals surface area contributed by atoms with Gasteiger partial charge in [0.15, 0.2) is 0 Å². The van der Waals surface area contributed by atoms with E-state index in [0.717, 1.165) is 17.1 Å². The number of hydrazone groups is 1. The summed E-state index contributed by atoms with van der Waals surface area (Å²) in [6.45, 7) is -0.288. The Morgan fingerprint density at radius 2 is 2.11 bits per heavy atom. The van der Waals surface area contributed by atoms with Crippen LogP contribution >= 0.6 is 0 Å². The van der Waals surface area contributed by atoms with E-state index in [4.69, 9.17) is 5.11 Å². The molecule has 1 aromatic carbocycles. The minimum absolute atomic E-state index is 0.0611. The topological polar surface area (TPSA) is 52.9 Å². The maximum Gasteiger partial charge on any atom is 0.243 e. The molecule has 1 amide bonds. The van der Waals surface area contributed by atoms with Crippen LogP contribution in [-0.4, -0.2) is 28.3 Å². The van der Waals surface area contributed by atoms with E-state index in [0.29, 0.717) is 12.1 Å². The first kappa shape index (κ1) is 12.6. The van der Waals surface area contributed by atoms with E-state index in [2.05, 4.69) is 5.10 Å². The average molecular weight is 254 g/mol. The molecule has 0 atom stereocenters. The lowest BCUT2D eigenvalue weighted by Crippen LogP contribution is -2.32. The van der Waals surface area contributed by atoms with Gasteiger partial charge in [-0.15, -0.1) is 0 Å². The Labute approximate surface area is 103 Å². The van der Waals surface area contributed by atoms with Crippen LogP contribution in [0.25, 0.3) is 0 Å². The van der Waals surface area contributed by atoms with Gasteiger partial charge >= 0.3 is 0 Å². The summed E-state index contributed by atoms with van der Waals surface area (Å²) in [5.74, 6) is -1.62. The maximum atomic E-state index is 13.4. The van der Waals surface area contributed by atoms with E-state index >= 15 is 0 Å². The summed E-state index contributed by atoms with van der Waals surface area (Å²) in [5, 5.41) is 14.0. The van der Waals surface area contributed by atoms with E-state index < -0.39 is 11.6 Å². The number of hydrogen-bond donors (Lipinski definition) is 1. The van der Waals surface area contributed by atoms with Crippen molar-refractivity contribution in [3.05, 3.63) is 35.4 Å². The molecule has 0 fully saturated rings. The molecule has 2 rings (SSSR count). The molecule has 0 saturated heterocycles. The van der Waals surface area contributed by atoms with Gasteiger partial charge in [0, 0.05) is 18.1 Å². The highest BCUT2D eigenvalue weighted by molar-refractivity contribution is 5.93. The zero-order valence-electron chi connectivity index (χ0n) is 9.57. The van der Waals surface area contributed by atoms with Crippen LogP contribution in [-0.2, 0) is 11.3 Å². The Kier molecular flexibility index (Phi) is 3.66. The smallest absolute Gasteiger partial charge is 0.243 e. The summed E-state index contributed by atoms with van der Waals surface area (Å²) in [4.78, 5) is 11.6. The summed E-state index contributed by atoms with van der Waals surface area (Å²) in [6.07, 6.45) is 0.653. The second-order valence-electron chi connectivity index (χ2n) is 4.01. The molecular formula is C12H12F2N2O2. The van der Waals surface area contributed by atoms with Gasteiger partial charge in [-0.05, 0) is 12.5 Å². The van der Waals surface area contributed by atoms with Crippen LogP contribution in [0.4, 0.5) is 8.78 Å². The van der Waals surface area contributed by atoms with Gasteiger partial charge in [-0.25, -0.2) is 13.8 Å². The summed E-state index contributed by atoms with van der Waals surface area (Å²) in [6, 6.07) is 3.17. The minimum Gasteiger partial charge on any atom is -0.390 e. The normalized spacial score (nSPS) is 15.8.